The number of hydrogen-bond donors (Lipinski definition) is 1. The zero-order valence-corrected chi connectivity index (χ0v) is 9.47. The summed E-state index contributed by atoms with van der Waals surface area (Å²) in [5.74, 6) is 0.0563. The second kappa shape index (κ2) is 4.18. The zero-order chi connectivity index (χ0) is 11.7. The van der Waals surface area contributed by atoms with Crippen LogP contribution in [-0.2, 0) is 0 Å². The summed E-state index contributed by atoms with van der Waals surface area (Å²) < 4.78 is 1.70. The van der Waals surface area contributed by atoms with Crippen molar-refractivity contribution in [2.24, 2.45) is 0 Å². The third-order valence-electron chi connectivity index (χ3n) is 3.04. The number of nitrogens with zero attached hydrogens (tertiary/aromatic N) is 3. The highest BCUT2D eigenvalue weighted by Crippen LogP contribution is 2.09. The molecule has 1 aliphatic heterocycles. The molecule has 1 amide bonds. The molecule has 17 heavy (non-hydrogen) atoms. The molecule has 3 heterocycles. The first-order chi connectivity index (χ1) is 8.36. The van der Waals surface area contributed by atoms with Crippen LogP contribution in [0.4, 0.5) is 0 Å². The summed E-state index contributed by atoms with van der Waals surface area (Å²) in [7, 11) is 0. The number of hydrogen-bond acceptors (Lipinski definition) is 3. The van der Waals surface area contributed by atoms with Crippen LogP contribution in [0.5, 0.6) is 0 Å². The van der Waals surface area contributed by atoms with Crippen LogP contribution in [-0.4, -0.2) is 46.6 Å². The first-order valence-electron chi connectivity index (χ1n) is 5.79. The highest BCUT2D eigenvalue weighted by molar-refractivity contribution is 5.93. The van der Waals surface area contributed by atoms with E-state index in [1.165, 1.54) is 0 Å². The minimum atomic E-state index is 0.0563. The standard InChI is InChI=1S/C12H14N4O/c17-12(15-8-6-13-7-9-15)11-3-1-2-10-4-5-14-16(10)11/h1-5,13H,6-9H2. The van der Waals surface area contributed by atoms with E-state index in [0.717, 1.165) is 31.7 Å². The predicted molar refractivity (Wildman–Crippen MR) is 64.0 cm³/mol. The topological polar surface area (TPSA) is 49.6 Å². The molecule has 1 N–H and O–H groups in total. The van der Waals surface area contributed by atoms with Crippen LogP contribution in [0.15, 0.2) is 30.5 Å². The first kappa shape index (κ1) is 10.3. The average molecular weight is 230 g/mol. The van der Waals surface area contributed by atoms with Crippen molar-refractivity contribution in [1.29, 1.82) is 0 Å². The van der Waals surface area contributed by atoms with Crippen molar-refractivity contribution >= 4 is 11.4 Å². The van der Waals surface area contributed by atoms with E-state index in [4.69, 9.17) is 0 Å². The maximum absolute atomic E-state index is 12.3. The summed E-state index contributed by atoms with van der Waals surface area (Å²) in [6, 6.07) is 7.56. The minimum Gasteiger partial charge on any atom is -0.335 e. The summed E-state index contributed by atoms with van der Waals surface area (Å²) in [4.78, 5) is 14.2. The van der Waals surface area contributed by atoms with Crippen molar-refractivity contribution < 1.29 is 4.79 Å². The lowest BCUT2D eigenvalue weighted by molar-refractivity contribution is 0.0727. The van der Waals surface area contributed by atoms with Crippen molar-refractivity contribution in [3.63, 3.8) is 0 Å². The van der Waals surface area contributed by atoms with Gasteiger partial charge in [0.1, 0.15) is 5.69 Å². The van der Waals surface area contributed by atoms with Gasteiger partial charge in [0, 0.05) is 26.2 Å². The van der Waals surface area contributed by atoms with Crippen molar-refractivity contribution in [2.45, 2.75) is 0 Å². The highest BCUT2D eigenvalue weighted by atomic mass is 16.2. The zero-order valence-electron chi connectivity index (χ0n) is 9.47. The normalized spacial score (nSPS) is 16.4. The number of fused-ring (bicyclic) bond motifs is 1. The van der Waals surface area contributed by atoms with Crippen molar-refractivity contribution in [3.05, 3.63) is 36.2 Å². The quantitative estimate of drug-likeness (QED) is 0.770. The number of pyridine rings is 1. The fourth-order valence-electron chi connectivity index (χ4n) is 2.14. The molecule has 2 aromatic rings. The number of nitrogens with one attached hydrogen (secondary N) is 1. The number of carbonyl (C=O) groups is 1. The molecule has 0 aliphatic carbocycles. The Balaban J connectivity index is 1.97. The van der Waals surface area contributed by atoms with E-state index in [9.17, 15) is 4.79 Å². The lowest BCUT2D eigenvalue weighted by atomic mass is 10.2. The van der Waals surface area contributed by atoms with Crippen LogP contribution < -0.4 is 5.32 Å². The first-order valence-corrected chi connectivity index (χ1v) is 5.79. The molecule has 5 nitrogen and oxygen atoms in total. The molecule has 3 rings (SSSR count). The van der Waals surface area contributed by atoms with Gasteiger partial charge < -0.3 is 10.2 Å². The number of piperazine rings is 1. The molecule has 1 aliphatic rings. The smallest absolute Gasteiger partial charge is 0.272 e. The van der Waals surface area contributed by atoms with Crippen molar-refractivity contribution in [2.75, 3.05) is 26.2 Å². The average Bonchev–Trinajstić information content (AvgIpc) is 2.87. The Bertz CT molecular complexity index is 542. The molecular formula is C12H14N4O. The highest BCUT2D eigenvalue weighted by Gasteiger charge is 2.20. The third-order valence-corrected chi connectivity index (χ3v) is 3.04. The van der Waals surface area contributed by atoms with Gasteiger partial charge in [-0.05, 0) is 18.2 Å². The van der Waals surface area contributed by atoms with Gasteiger partial charge in [-0.2, -0.15) is 5.10 Å². The van der Waals surface area contributed by atoms with Crippen LogP contribution in [0.25, 0.3) is 5.52 Å². The molecule has 5 heteroatoms. The summed E-state index contributed by atoms with van der Waals surface area (Å²) in [6.45, 7) is 3.24. The molecule has 2 aromatic heterocycles. The lowest BCUT2D eigenvalue weighted by Gasteiger charge is -2.27. The van der Waals surface area contributed by atoms with Gasteiger partial charge in [-0.15, -0.1) is 0 Å². The van der Waals surface area contributed by atoms with Gasteiger partial charge in [0.25, 0.3) is 5.91 Å². The van der Waals surface area contributed by atoms with Gasteiger partial charge in [-0.1, -0.05) is 6.07 Å². The maximum Gasteiger partial charge on any atom is 0.272 e. The molecule has 0 bridgehead atoms. The molecule has 88 valence electrons. The maximum atomic E-state index is 12.3. The number of amides is 1. The van der Waals surface area contributed by atoms with Gasteiger partial charge in [-0.3, -0.25) is 4.79 Å². The van der Waals surface area contributed by atoms with Gasteiger partial charge in [0.05, 0.1) is 11.7 Å². The third kappa shape index (κ3) is 1.78. The van der Waals surface area contributed by atoms with Crippen molar-refractivity contribution in [1.82, 2.24) is 19.8 Å². The minimum absolute atomic E-state index is 0.0563. The van der Waals surface area contributed by atoms with E-state index in [0.29, 0.717) is 5.69 Å². The Labute approximate surface area is 99.0 Å². The van der Waals surface area contributed by atoms with E-state index >= 15 is 0 Å². The Morgan fingerprint density at radius 2 is 2.06 bits per heavy atom. The molecule has 0 atom stereocenters. The van der Waals surface area contributed by atoms with Crippen molar-refractivity contribution in [3.8, 4) is 0 Å². The largest absolute Gasteiger partial charge is 0.335 e. The monoisotopic (exact) mass is 230 g/mol. The Morgan fingerprint density at radius 1 is 1.24 bits per heavy atom. The van der Waals surface area contributed by atoms with Gasteiger partial charge in [0.15, 0.2) is 0 Å². The van der Waals surface area contributed by atoms with E-state index < -0.39 is 0 Å². The van der Waals surface area contributed by atoms with Crippen LogP contribution in [0.1, 0.15) is 10.5 Å². The SMILES string of the molecule is O=C(c1cccc2ccnn12)N1CCNCC1. The molecule has 0 radical (unpaired) electrons. The Hall–Kier alpha value is -1.88. The summed E-state index contributed by atoms with van der Waals surface area (Å²) in [5.41, 5.74) is 1.58. The molecule has 0 spiro atoms. The second-order valence-electron chi connectivity index (χ2n) is 4.12. The van der Waals surface area contributed by atoms with Crippen LogP contribution in [0.2, 0.25) is 0 Å². The second-order valence-corrected chi connectivity index (χ2v) is 4.12. The van der Waals surface area contributed by atoms with Crippen LogP contribution >= 0.6 is 0 Å². The summed E-state index contributed by atoms with van der Waals surface area (Å²) in [6.07, 6.45) is 1.71. The van der Waals surface area contributed by atoms with Gasteiger partial charge in [0.2, 0.25) is 0 Å². The Morgan fingerprint density at radius 3 is 2.88 bits per heavy atom. The van der Waals surface area contributed by atoms with E-state index in [2.05, 4.69) is 10.4 Å². The molecule has 1 fully saturated rings. The fraction of sp³-hybridized carbons (Fsp3) is 0.333. The predicted octanol–water partition coefficient (Wildman–Crippen LogP) is 0.380. The van der Waals surface area contributed by atoms with E-state index in [-0.39, 0.29) is 5.91 Å². The fourth-order valence-corrected chi connectivity index (χ4v) is 2.14. The molecule has 0 unspecified atom stereocenters. The molecule has 0 aromatic carbocycles. The number of carbonyl (C=O) groups excluding carboxylic acids is 1. The van der Waals surface area contributed by atoms with Gasteiger partial charge in [-0.25, -0.2) is 4.52 Å². The van der Waals surface area contributed by atoms with Crippen LogP contribution in [0, 0.1) is 0 Å². The lowest BCUT2D eigenvalue weighted by Crippen LogP contribution is -2.46. The molecule has 0 saturated carbocycles. The van der Waals surface area contributed by atoms with Crippen LogP contribution in [0.3, 0.4) is 0 Å². The number of rotatable bonds is 1. The molecule has 1 saturated heterocycles. The summed E-state index contributed by atoms with van der Waals surface area (Å²) in [5, 5.41) is 7.43. The van der Waals surface area contributed by atoms with E-state index in [1.54, 1.807) is 10.7 Å². The molecular weight excluding hydrogens is 216 g/mol. The van der Waals surface area contributed by atoms with E-state index in [1.807, 2.05) is 29.2 Å². The Kier molecular flexibility index (Phi) is 2.53. The van der Waals surface area contributed by atoms with Gasteiger partial charge >= 0.3 is 0 Å². The summed E-state index contributed by atoms with van der Waals surface area (Å²) >= 11 is 0. The number of aromatic nitrogens is 2.